The molecule has 1 atom stereocenters. The standard InChI is InChI=1S/C22H21N3O2S/c1-14(15-4-5-17-13-20(27-3)9-6-16(17)12-15)21-24-25-22(28-21)23-18-7-10-19(26-2)11-8-18/h4-14H,1-3H3,(H,23,25). The molecule has 0 saturated carbocycles. The lowest BCUT2D eigenvalue weighted by Gasteiger charge is -2.10. The monoisotopic (exact) mass is 391 g/mol. The quantitative estimate of drug-likeness (QED) is 0.463. The highest BCUT2D eigenvalue weighted by atomic mass is 32.1. The number of anilines is 2. The molecular formula is C22H21N3O2S. The molecule has 0 radical (unpaired) electrons. The number of hydrogen-bond donors (Lipinski definition) is 1. The summed E-state index contributed by atoms with van der Waals surface area (Å²) in [7, 11) is 3.34. The molecule has 1 unspecified atom stereocenters. The van der Waals surface area contributed by atoms with Crippen LogP contribution in [-0.2, 0) is 0 Å². The first kappa shape index (κ1) is 18.3. The third kappa shape index (κ3) is 3.77. The van der Waals surface area contributed by atoms with Gasteiger partial charge in [-0.3, -0.25) is 0 Å². The lowest BCUT2D eigenvalue weighted by Crippen LogP contribution is -1.95. The van der Waals surface area contributed by atoms with Gasteiger partial charge < -0.3 is 14.8 Å². The van der Waals surface area contributed by atoms with E-state index < -0.39 is 0 Å². The van der Waals surface area contributed by atoms with Crippen molar-refractivity contribution in [2.45, 2.75) is 12.8 Å². The maximum atomic E-state index is 5.30. The predicted molar refractivity (Wildman–Crippen MR) is 114 cm³/mol. The molecule has 0 spiro atoms. The molecule has 4 rings (SSSR count). The second kappa shape index (κ2) is 7.86. The third-order valence-electron chi connectivity index (χ3n) is 4.72. The normalized spacial score (nSPS) is 12.0. The first-order valence-corrected chi connectivity index (χ1v) is 9.80. The Morgan fingerprint density at radius 2 is 1.50 bits per heavy atom. The van der Waals surface area contributed by atoms with E-state index >= 15 is 0 Å². The zero-order valence-corrected chi connectivity index (χ0v) is 16.8. The zero-order chi connectivity index (χ0) is 19.5. The summed E-state index contributed by atoms with van der Waals surface area (Å²) in [5.74, 6) is 1.85. The molecule has 0 aliphatic carbocycles. The van der Waals surface area contributed by atoms with E-state index in [1.54, 1.807) is 25.6 Å². The number of nitrogens with one attached hydrogen (secondary N) is 1. The Balaban J connectivity index is 1.53. The Morgan fingerprint density at radius 3 is 2.25 bits per heavy atom. The SMILES string of the molecule is COc1ccc(Nc2nnc(C(C)c3ccc4cc(OC)ccc4c3)s2)cc1. The van der Waals surface area contributed by atoms with E-state index in [1.165, 1.54) is 10.9 Å². The molecule has 0 saturated heterocycles. The van der Waals surface area contributed by atoms with Crippen molar-refractivity contribution >= 4 is 32.9 Å². The topological polar surface area (TPSA) is 56.3 Å². The first-order chi connectivity index (χ1) is 13.7. The van der Waals surface area contributed by atoms with Gasteiger partial charge in [0.2, 0.25) is 5.13 Å². The summed E-state index contributed by atoms with van der Waals surface area (Å²) in [6, 6.07) is 20.3. The lowest BCUT2D eigenvalue weighted by atomic mass is 9.98. The second-order valence-corrected chi connectivity index (χ2v) is 7.50. The van der Waals surface area contributed by atoms with E-state index in [0.29, 0.717) is 0 Å². The van der Waals surface area contributed by atoms with Gasteiger partial charge in [0.25, 0.3) is 0 Å². The fourth-order valence-electron chi connectivity index (χ4n) is 3.04. The van der Waals surface area contributed by atoms with Gasteiger partial charge in [-0.05, 0) is 52.7 Å². The number of nitrogens with zero attached hydrogens (tertiary/aromatic N) is 2. The van der Waals surface area contributed by atoms with Gasteiger partial charge in [-0.1, -0.05) is 42.5 Å². The van der Waals surface area contributed by atoms with E-state index in [4.69, 9.17) is 9.47 Å². The predicted octanol–water partition coefficient (Wildman–Crippen LogP) is 5.60. The van der Waals surface area contributed by atoms with Crippen LogP contribution >= 0.6 is 11.3 Å². The van der Waals surface area contributed by atoms with Crippen molar-refractivity contribution in [1.82, 2.24) is 10.2 Å². The van der Waals surface area contributed by atoms with E-state index in [0.717, 1.165) is 32.7 Å². The van der Waals surface area contributed by atoms with Crippen LogP contribution in [0.25, 0.3) is 10.8 Å². The molecule has 142 valence electrons. The molecule has 4 aromatic rings. The summed E-state index contributed by atoms with van der Waals surface area (Å²) >= 11 is 1.57. The van der Waals surface area contributed by atoms with Crippen LogP contribution < -0.4 is 14.8 Å². The molecule has 1 heterocycles. The number of aromatic nitrogens is 2. The summed E-state index contributed by atoms with van der Waals surface area (Å²) in [5.41, 5.74) is 2.17. The van der Waals surface area contributed by atoms with Gasteiger partial charge in [0, 0.05) is 11.6 Å². The van der Waals surface area contributed by atoms with Crippen LogP contribution in [0.15, 0.2) is 60.7 Å². The Bertz CT molecular complexity index is 1090. The van der Waals surface area contributed by atoms with E-state index in [-0.39, 0.29) is 5.92 Å². The number of methoxy groups -OCH3 is 2. The summed E-state index contributed by atoms with van der Waals surface area (Å²) in [4.78, 5) is 0. The Hall–Kier alpha value is -3.12. The molecule has 1 aromatic heterocycles. The smallest absolute Gasteiger partial charge is 0.210 e. The fourth-order valence-corrected chi connectivity index (χ4v) is 3.88. The molecule has 0 aliphatic heterocycles. The van der Waals surface area contributed by atoms with Crippen molar-refractivity contribution in [2.24, 2.45) is 0 Å². The van der Waals surface area contributed by atoms with Crippen molar-refractivity contribution < 1.29 is 9.47 Å². The molecule has 0 bridgehead atoms. The molecule has 6 heteroatoms. The van der Waals surface area contributed by atoms with Gasteiger partial charge in [0.05, 0.1) is 14.2 Å². The first-order valence-electron chi connectivity index (χ1n) is 8.98. The maximum absolute atomic E-state index is 5.30. The number of rotatable bonds is 6. The van der Waals surface area contributed by atoms with Gasteiger partial charge in [-0.25, -0.2) is 0 Å². The number of hydrogen-bond acceptors (Lipinski definition) is 6. The molecule has 5 nitrogen and oxygen atoms in total. The molecule has 28 heavy (non-hydrogen) atoms. The van der Waals surface area contributed by atoms with Crippen LogP contribution in [0.1, 0.15) is 23.4 Å². The number of fused-ring (bicyclic) bond motifs is 1. The van der Waals surface area contributed by atoms with Crippen LogP contribution in [-0.4, -0.2) is 24.4 Å². The Kier molecular flexibility index (Phi) is 5.12. The molecule has 0 aliphatic rings. The molecule has 1 N–H and O–H groups in total. The van der Waals surface area contributed by atoms with Gasteiger partial charge in [0.1, 0.15) is 16.5 Å². The third-order valence-corrected chi connectivity index (χ3v) is 5.75. The van der Waals surface area contributed by atoms with Crippen LogP contribution in [0, 0.1) is 0 Å². The van der Waals surface area contributed by atoms with Gasteiger partial charge >= 0.3 is 0 Å². The largest absolute Gasteiger partial charge is 0.497 e. The highest BCUT2D eigenvalue weighted by Crippen LogP contribution is 2.32. The summed E-state index contributed by atoms with van der Waals surface area (Å²) in [6.07, 6.45) is 0. The Morgan fingerprint density at radius 1 is 0.821 bits per heavy atom. The zero-order valence-electron chi connectivity index (χ0n) is 16.0. The van der Waals surface area contributed by atoms with Crippen LogP contribution in [0.4, 0.5) is 10.8 Å². The van der Waals surface area contributed by atoms with Gasteiger partial charge in [0.15, 0.2) is 0 Å². The highest BCUT2D eigenvalue weighted by Gasteiger charge is 2.15. The van der Waals surface area contributed by atoms with Crippen LogP contribution in [0.2, 0.25) is 0 Å². The van der Waals surface area contributed by atoms with E-state index in [9.17, 15) is 0 Å². The number of benzene rings is 3. The average molecular weight is 391 g/mol. The summed E-state index contributed by atoms with van der Waals surface area (Å²) < 4.78 is 10.5. The van der Waals surface area contributed by atoms with Crippen molar-refractivity contribution in [1.29, 1.82) is 0 Å². The lowest BCUT2D eigenvalue weighted by molar-refractivity contribution is 0.415. The fraction of sp³-hybridized carbons (Fsp3) is 0.182. The molecular weight excluding hydrogens is 370 g/mol. The van der Waals surface area contributed by atoms with Crippen molar-refractivity contribution in [3.05, 3.63) is 71.2 Å². The number of ether oxygens (including phenoxy) is 2. The summed E-state index contributed by atoms with van der Waals surface area (Å²) in [6.45, 7) is 2.16. The van der Waals surface area contributed by atoms with Crippen molar-refractivity contribution in [3.63, 3.8) is 0 Å². The minimum atomic E-state index is 0.162. The second-order valence-electron chi connectivity index (χ2n) is 6.49. The molecule has 0 fully saturated rings. The summed E-state index contributed by atoms with van der Waals surface area (Å²) in [5, 5.41) is 16.1. The average Bonchev–Trinajstić information content (AvgIpc) is 3.21. The highest BCUT2D eigenvalue weighted by molar-refractivity contribution is 7.15. The Labute approximate surface area is 168 Å². The molecule has 0 amide bonds. The maximum Gasteiger partial charge on any atom is 0.210 e. The van der Waals surface area contributed by atoms with E-state index in [1.807, 2.05) is 36.4 Å². The minimum Gasteiger partial charge on any atom is -0.497 e. The van der Waals surface area contributed by atoms with Gasteiger partial charge in [-0.2, -0.15) is 0 Å². The van der Waals surface area contributed by atoms with Crippen molar-refractivity contribution in [2.75, 3.05) is 19.5 Å². The van der Waals surface area contributed by atoms with Crippen LogP contribution in [0.5, 0.6) is 11.5 Å². The van der Waals surface area contributed by atoms with Crippen LogP contribution in [0.3, 0.4) is 0 Å². The minimum absolute atomic E-state index is 0.162. The van der Waals surface area contributed by atoms with E-state index in [2.05, 4.69) is 46.7 Å². The van der Waals surface area contributed by atoms with Crippen molar-refractivity contribution in [3.8, 4) is 11.5 Å². The molecule has 3 aromatic carbocycles. The van der Waals surface area contributed by atoms with Gasteiger partial charge in [-0.15, -0.1) is 10.2 Å².